The van der Waals surface area contributed by atoms with E-state index in [2.05, 4.69) is 11.4 Å². The van der Waals surface area contributed by atoms with Crippen molar-refractivity contribution in [1.82, 2.24) is 0 Å². The van der Waals surface area contributed by atoms with Crippen molar-refractivity contribution in [2.75, 3.05) is 19.0 Å². The van der Waals surface area contributed by atoms with Crippen LogP contribution in [0.5, 0.6) is 23.0 Å². The van der Waals surface area contributed by atoms with Gasteiger partial charge in [-0.2, -0.15) is 0 Å². The summed E-state index contributed by atoms with van der Waals surface area (Å²) in [6.07, 6.45) is 3.98. The number of Topliss-reactive ketones (excluding diaryl/α,β-unsaturated/α-hetero) is 2. The van der Waals surface area contributed by atoms with E-state index in [4.69, 9.17) is 33.2 Å². The fourth-order valence-corrected chi connectivity index (χ4v) is 10.3. The second-order valence-corrected chi connectivity index (χ2v) is 20.6. The van der Waals surface area contributed by atoms with Gasteiger partial charge in [0.15, 0.2) is 28.5 Å². The number of carbonyl (C=O) groups excluding carboxylic acids is 5. The summed E-state index contributed by atoms with van der Waals surface area (Å²) in [7, 11) is 1.26. The number of ketones is 2. The van der Waals surface area contributed by atoms with E-state index in [0.717, 1.165) is 11.1 Å². The molecule has 72 heavy (non-hydrogen) atoms. The average molecular weight is 998 g/mol. The molecule has 17 nitrogen and oxygen atoms in total. The molecule has 2 aromatic carbocycles. The molecular weight excluding hydrogens is 931 g/mol. The molecule has 0 saturated carbocycles. The first-order valence-corrected chi connectivity index (χ1v) is 24.2. The van der Waals surface area contributed by atoms with Gasteiger partial charge in [-0.1, -0.05) is 49.3 Å². The molecule has 0 aromatic heterocycles. The zero-order chi connectivity index (χ0) is 53.0. The summed E-state index contributed by atoms with van der Waals surface area (Å²) in [6.45, 7) is 19.1. The third kappa shape index (κ3) is 9.46. The van der Waals surface area contributed by atoms with Gasteiger partial charge in [-0.15, -0.1) is 0 Å². The normalized spacial score (nSPS) is 30.0. The number of amides is 1. The topological polar surface area (TPSA) is 243 Å². The number of anilines is 1. The van der Waals surface area contributed by atoms with Crippen molar-refractivity contribution >= 4 is 41.2 Å². The largest absolute Gasteiger partial charge is 0.482 e. The molecule has 5 aliphatic rings. The van der Waals surface area contributed by atoms with Crippen molar-refractivity contribution in [2.45, 2.75) is 155 Å². The van der Waals surface area contributed by atoms with Crippen LogP contribution in [0.2, 0.25) is 0 Å². The van der Waals surface area contributed by atoms with Gasteiger partial charge in [0, 0.05) is 41.9 Å². The summed E-state index contributed by atoms with van der Waals surface area (Å²) in [6, 6.07) is 3.85. The summed E-state index contributed by atoms with van der Waals surface area (Å²) < 4.78 is 44.3. The number of methoxy groups -OCH3 is 1. The molecule has 7 rings (SSSR count). The van der Waals surface area contributed by atoms with Crippen LogP contribution in [0.15, 0.2) is 70.9 Å². The van der Waals surface area contributed by atoms with Crippen LogP contribution in [0.4, 0.5) is 5.69 Å². The van der Waals surface area contributed by atoms with Crippen LogP contribution >= 0.6 is 0 Å². The molecule has 2 fully saturated rings. The van der Waals surface area contributed by atoms with E-state index in [1.165, 1.54) is 32.2 Å². The number of nitrogens with one attached hydrogen (secondary N) is 1. The van der Waals surface area contributed by atoms with E-state index in [9.17, 15) is 34.8 Å². The Labute approximate surface area is 419 Å². The first-order valence-electron chi connectivity index (χ1n) is 24.2. The third-order valence-electron chi connectivity index (χ3n) is 14.4. The van der Waals surface area contributed by atoms with E-state index in [1.807, 2.05) is 67.5 Å². The number of carbonyl (C=O) groups is 5. The molecule has 0 bridgehead atoms. The number of ether oxygens (including phenoxy) is 7. The molecule has 10 atom stereocenters. The number of allylic oxidation sites excluding steroid dienone is 5. The van der Waals surface area contributed by atoms with E-state index >= 15 is 9.59 Å². The monoisotopic (exact) mass is 997 g/mol. The number of aliphatic hydroxyl groups is 4. The Kier molecular flexibility index (Phi) is 15.1. The molecule has 4 aliphatic heterocycles. The lowest BCUT2D eigenvalue weighted by molar-refractivity contribution is -0.277. The van der Waals surface area contributed by atoms with Gasteiger partial charge in [0.2, 0.25) is 12.2 Å². The molecule has 388 valence electrons. The van der Waals surface area contributed by atoms with Gasteiger partial charge in [0.1, 0.15) is 52.8 Å². The second kappa shape index (κ2) is 20.2. The minimum Gasteiger partial charge on any atom is -0.482 e. The maximum absolute atomic E-state index is 16.0. The van der Waals surface area contributed by atoms with Crippen LogP contribution in [0, 0.1) is 11.8 Å². The van der Waals surface area contributed by atoms with Gasteiger partial charge < -0.3 is 58.9 Å². The minimum absolute atomic E-state index is 0.0221. The Morgan fingerprint density at radius 2 is 1.58 bits per heavy atom. The molecule has 5 unspecified atom stereocenters. The quantitative estimate of drug-likeness (QED) is 0.0578. The van der Waals surface area contributed by atoms with E-state index in [0.29, 0.717) is 18.4 Å². The van der Waals surface area contributed by atoms with Crippen LogP contribution in [0.25, 0.3) is 6.08 Å². The number of esters is 2. The van der Waals surface area contributed by atoms with Gasteiger partial charge in [-0.3, -0.25) is 14.4 Å². The van der Waals surface area contributed by atoms with Crippen molar-refractivity contribution in [1.29, 1.82) is 0 Å². The van der Waals surface area contributed by atoms with Crippen LogP contribution in [-0.2, 0) is 35.0 Å². The first kappa shape index (κ1) is 53.8. The number of rotatable bonds is 14. The Balaban J connectivity index is 1.44. The molecule has 17 heteroatoms. The fraction of sp³-hybridized carbons (Fsp3) is 0.509. The predicted molar refractivity (Wildman–Crippen MR) is 264 cm³/mol. The zero-order valence-electron chi connectivity index (χ0n) is 43.0. The maximum Gasteiger partial charge on any atom is 0.343 e. The predicted octanol–water partition coefficient (Wildman–Crippen LogP) is 6.61. The van der Waals surface area contributed by atoms with Crippen LogP contribution in [0.3, 0.4) is 0 Å². The summed E-state index contributed by atoms with van der Waals surface area (Å²) >= 11 is 0. The summed E-state index contributed by atoms with van der Waals surface area (Å²) in [5, 5.41) is 43.8. The van der Waals surface area contributed by atoms with E-state index in [1.54, 1.807) is 32.1 Å². The molecule has 0 radical (unpaired) electrons. The van der Waals surface area contributed by atoms with Crippen LogP contribution in [-0.4, -0.2) is 117 Å². The number of fused-ring (bicyclic) bond motifs is 2. The van der Waals surface area contributed by atoms with Gasteiger partial charge >= 0.3 is 11.9 Å². The lowest BCUT2D eigenvalue weighted by atomic mass is 9.58. The van der Waals surface area contributed by atoms with Gasteiger partial charge in [0.25, 0.3) is 0 Å². The summed E-state index contributed by atoms with van der Waals surface area (Å²) in [4.78, 5) is 71.1. The Morgan fingerprint density at radius 1 is 0.889 bits per heavy atom. The van der Waals surface area contributed by atoms with E-state index < -0.39 is 95.2 Å². The number of hydrogen-bond acceptors (Lipinski definition) is 16. The fourth-order valence-electron chi connectivity index (χ4n) is 10.3. The molecule has 1 spiro atoms. The van der Waals surface area contributed by atoms with Gasteiger partial charge in [0.05, 0.1) is 36.1 Å². The van der Waals surface area contributed by atoms with Crippen molar-refractivity contribution in [2.24, 2.45) is 11.8 Å². The molecule has 1 aliphatic carbocycles. The number of benzene rings is 2. The van der Waals surface area contributed by atoms with Crippen molar-refractivity contribution in [3.63, 3.8) is 0 Å². The molecule has 2 saturated heterocycles. The lowest BCUT2D eigenvalue weighted by Crippen LogP contribution is -2.68. The van der Waals surface area contributed by atoms with Gasteiger partial charge in [-0.25, -0.2) is 9.59 Å². The van der Waals surface area contributed by atoms with Crippen molar-refractivity contribution in [3.05, 3.63) is 93.1 Å². The standard InChI is InChI=1S/C55H67NO16/c1-27(2)14-13-21-53(11)22-20-35-45(70-53)34(17-15-28(3)4)47-40(41(59)36-24-30(6)48(63)54(23-19-29(5)49(64)66-12)55(36,71-47)31(7)52(9,10)72-54)46(35)69-50(65)33-16-18-38(37(25-33)56-32(8)58)67-51-44(62)43(61)42(60)39(26-57)68-51/h14-16,18-20,22,24-25,30-31,39,42-44,51,57,60-62H,13,17,21,23,26H2,1-12H3,(H,56,58)/b29-19-/t30?,31?,39-,42-,43+,44-,51-,53?,54?,55?/m1/s1. The smallest absolute Gasteiger partial charge is 0.343 e. The highest BCUT2D eigenvalue weighted by atomic mass is 16.7. The van der Waals surface area contributed by atoms with Crippen molar-refractivity contribution < 1.29 is 77.6 Å². The molecule has 2 aromatic rings. The van der Waals surface area contributed by atoms with Gasteiger partial charge in [-0.05, 0) is 105 Å². The number of hydrogen-bond donors (Lipinski definition) is 5. The summed E-state index contributed by atoms with van der Waals surface area (Å²) in [5.41, 5.74) is -2.79. The van der Waals surface area contributed by atoms with Crippen LogP contribution < -0.4 is 24.3 Å². The zero-order valence-corrected chi connectivity index (χ0v) is 43.0. The second-order valence-electron chi connectivity index (χ2n) is 20.6. The molecule has 4 heterocycles. The molecular formula is C55H67NO16. The first-order chi connectivity index (χ1) is 33.8. The SMILES string of the molecule is COC(=O)/C(C)=C\CC12OC(C)(C)C(C)C13Oc1c(CC=C(C)C)c4c(c(OC(=O)c5ccc(O[C@@H]6O[C@H](CO)[C@@H](O)[C@H](O)[C@H]6O)c(NC(C)=O)c5)c1C(=O)C3=CC(C)C2=O)C=CC(C)(CCC=C(C)C)O4. The minimum atomic E-state index is -1.85. The Morgan fingerprint density at radius 3 is 2.22 bits per heavy atom. The maximum atomic E-state index is 16.0. The lowest BCUT2D eigenvalue weighted by Gasteiger charge is -2.52. The highest BCUT2D eigenvalue weighted by molar-refractivity contribution is 6.19. The molecule has 5 N–H and O–H groups in total. The molecule has 1 amide bonds. The third-order valence-corrected chi connectivity index (χ3v) is 14.4. The highest BCUT2D eigenvalue weighted by Crippen LogP contribution is 2.64. The summed E-state index contributed by atoms with van der Waals surface area (Å²) in [5.74, 6) is -4.67. The number of aliphatic hydroxyl groups excluding tert-OH is 4. The van der Waals surface area contributed by atoms with E-state index in [-0.39, 0.29) is 75.1 Å². The van der Waals surface area contributed by atoms with Crippen LogP contribution in [0.1, 0.15) is 127 Å². The Bertz CT molecular complexity index is 2720. The average Bonchev–Trinajstić information content (AvgIpc) is 3.49. The van der Waals surface area contributed by atoms with Crippen molar-refractivity contribution in [3.8, 4) is 23.0 Å². The Hall–Kier alpha value is -5.95. The highest BCUT2D eigenvalue weighted by Gasteiger charge is 2.77.